The van der Waals surface area contributed by atoms with Crippen LogP contribution in [0.3, 0.4) is 0 Å². The van der Waals surface area contributed by atoms with E-state index in [2.05, 4.69) is 15.6 Å². The largest absolute Gasteiger partial charge is 0.493 e. The van der Waals surface area contributed by atoms with Crippen molar-refractivity contribution < 1.29 is 4.74 Å². The molecule has 0 spiro atoms. The van der Waals surface area contributed by atoms with Crippen molar-refractivity contribution in [2.75, 3.05) is 12.4 Å². The topological polar surface area (TPSA) is 80.5 Å². The summed E-state index contributed by atoms with van der Waals surface area (Å²) >= 11 is 0. The maximum atomic E-state index is 13.4. The van der Waals surface area contributed by atoms with Crippen LogP contribution in [0.5, 0.6) is 5.75 Å². The number of anilines is 2. The van der Waals surface area contributed by atoms with Gasteiger partial charge in [-0.15, -0.1) is 0 Å². The predicted octanol–water partition coefficient (Wildman–Crippen LogP) is 4.03. The van der Waals surface area contributed by atoms with Gasteiger partial charge in [-0.2, -0.15) is 0 Å². The van der Waals surface area contributed by atoms with E-state index in [0.29, 0.717) is 35.4 Å². The third-order valence-electron chi connectivity index (χ3n) is 5.92. The number of hydrogen-bond acceptors (Lipinski definition) is 6. The Morgan fingerprint density at radius 3 is 2.87 bits per heavy atom. The van der Waals surface area contributed by atoms with Gasteiger partial charge in [0.25, 0.3) is 5.56 Å². The highest BCUT2D eigenvalue weighted by atomic mass is 16.5. The van der Waals surface area contributed by atoms with Gasteiger partial charge in [-0.3, -0.25) is 14.2 Å². The maximum Gasteiger partial charge on any atom is 0.264 e. The summed E-state index contributed by atoms with van der Waals surface area (Å²) in [6.07, 6.45) is 8.28. The molecule has 1 saturated carbocycles. The Bertz CT molecular complexity index is 1290. The number of benzene rings is 1. The molecule has 7 heteroatoms. The van der Waals surface area contributed by atoms with Crippen LogP contribution >= 0.6 is 0 Å². The molecule has 7 nitrogen and oxygen atoms in total. The smallest absolute Gasteiger partial charge is 0.264 e. The highest BCUT2D eigenvalue weighted by molar-refractivity contribution is 5.83. The van der Waals surface area contributed by atoms with Gasteiger partial charge in [0.05, 0.1) is 18.2 Å². The molecular formula is C24H25N5O2. The van der Waals surface area contributed by atoms with Gasteiger partial charge >= 0.3 is 0 Å². The first-order valence-corrected chi connectivity index (χ1v) is 10.7. The first kappa shape index (κ1) is 19.5. The number of nitrogens with zero attached hydrogens (tertiary/aromatic N) is 3. The molecule has 0 saturated heterocycles. The molecule has 3 aromatic heterocycles. The summed E-state index contributed by atoms with van der Waals surface area (Å²) in [6, 6.07) is 13.9. The van der Waals surface area contributed by atoms with Crippen LogP contribution in [0.25, 0.3) is 16.6 Å². The Labute approximate surface area is 180 Å². The van der Waals surface area contributed by atoms with Crippen LogP contribution in [-0.2, 0) is 6.54 Å². The molecule has 0 atom stereocenters. The number of rotatable bonds is 6. The maximum absolute atomic E-state index is 13.4. The van der Waals surface area contributed by atoms with Crippen molar-refractivity contribution in [3.05, 3.63) is 70.8 Å². The van der Waals surface area contributed by atoms with Crippen LogP contribution in [0.4, 0.5) is 11.5 Å². The number of aromatic nitrogens is 3. The van der Waals surface area contributed by atoms with Gasteiger partial charge in [0, 0.05) is 36.1 Å². The van der Waals surface area contributed by atoms with Crippen molar-refractivity contribution in [1.29, 1.82) is 0 Å². The van der Waals surface area contributed by atoms with Crippen LogP contribution in [-0.4, -0.2) is 27.5 Å². The molecule has 31 heavy (non-hydrogen) atoms. The monoisotopic (exact) mass is 415 g/mol. The minimum atomic E-state index is -0.0978. The van der Waals surface area contributed by atoms with Crippen molar-refractivity contribution in [2.45, 2.75) is 38.3 Å². The minimum Gasteiger partial charge on any atom is -0.493 e. The summed E-state index contributed by atoms with van der Waals surface area (Å²) in [5.74, 6) is 1.10. The number of ether oxygens (including phenoxy) is 1. The summed E-state index contributed by atoms with van der Waals surface area (Å²) in [5.41, 5.74) is 2.78. The molecule has 0 unspecified atom stereocenters. The van der Waals surface area contributed by atoms with E-state index in [4.69, 9.17) is 9.72 Å². The van der Waals surface area contributed by atoms with E-state index in [-0.39, 0.29) is 5.56 Å². The number of fused-ring (bicyclic) bond motifs is 2. The molecular weight excluding hydrogens is 390 g/mol. The average molecular weight is 415 g/mol. The van der Waals surface area contributed by atoms with Gasteiger partial charge in [-0.05, 0) is 49.2 Å². The lowest BCUT2D eigenvalue weighted by molar-refractivity contribution is 0.416. The lowest BCUT2D eigenvalue weighted by Gasteiger charge is -2.17. The Hall–Kier alpha value is -3.45. The Balaban J connectivity index is 1.58. The third-order valence-corrected chi connectivity index (χ3v) is 5.92. The molecule has 0 bridgehead atoms. The molecule has 1 fully saturated rings. The fraction of sp³-hybridized carbons (Fsp3) is 0.292. The van der Waals surface area contributed by atoms with Gasteiger partial charge in [0.15, 0.2) is 11.4 Å². The summed E-state index contributed by atoms with van der Waals surface area (Å²) in [6.45, 7) is 0.466. The van der Waals surface area contributed by atoms with Crippen LogP contribution in [0, 0.1) is 0 Å². The number of hydrogen-bond donors (Lipinski definition) is 2. The van der Waals surface area contributed by atoms with E-state index in [9.17, 15) is 4.79 Å². The fourth-order valence-electron chi connectivity index (χ4n) is 4.26. The second-order valence-corrected chi connectivity index (χ2v) is 7.91. The zero-order valence-electron chi connectivity index (χ0n) is 17.5. The van der Waals surface area contributed by atoms with Crippen LogP contribution in [0.2, 0.25) is 0 Å². The van der Waals surface area contributed by atoms with Crippen molar-refractivity contribution in [3.8, 4) is 5.75 Å². The van der Waals surface area contributed by atoms with Crippen molar-refractivity contribution in [1.82, 2.24) is 19.7 Å². The molecule has 5 rings (SSSR count). The lowest BCUT2D eigenvalue weighted by Crippen LogP contribution is -2.31. The van der Waals surface area contributed by atoms with Gasteiger partial charge in [-0.25, -0.2) is 4.98 Å². The van der Waals surface area contributed by atoms with Gasteiger partial charge in [-0.1, -0.05) is 18.9 Å². The van der Waals surface area contributed by atoms with Crippen LogP contribution < -0.4 is 20.9 Å². The van der Waals surface area contributed by atoms with E-state index < -0.39 is 0 Å². The first-order chi connectivity index (χ1) is 15.2. The van der Waals surface area contributed by atoms with E-state index in [1.54, 1.807) is 30.0 Å². The number of nitrogens with one attached hydrogen (secondary N) is 2. The highest BCUT2D eigenvalue weighted by Crippen LogP contribution is 2.25. The van der Waals surface area contributed by atoms with Crippen molar-refractivity contribution >= 4 is 28.1 Å². The summed E-state index contributed by atoms with van der Waals surface area (Å²) in [7, 11) is 1.58. The van der Waals surface area contributed by atoms with Gasteiger partial charge in [0.1, 0.15) is 5.82 Å². The minimum absolute atomic E-state index is 0.0978. The molecule has 158 valence electrons. The van der Waals surface area contributed by atoms with Crippen molar-refractivity contribution in [2.24, 2.45) is 0 Å². The molecule has 2 N–H and O–H groups in total. The number of pyridine rings is 2. The summed E-state index contributed by atoms with van der Waals surface area (Å²) in [5, 5.41) is 7.95. The standard InChI is InChI=1S/C24H25N5O2/c1-31-21-9-5-13-29-23(21)28-22(19(24(29)30)15-26-17-7-2-3-8-17)27-18-10-11-20-16(14-18)6-4-12-25-20/h4-6,9-14,17,26-27H,2-3,7-8,15H2,1H3. The second-order valence-electron chi connectivity index (χ2n) is 7.91. The average Bonchev–Trinajstić information content (AvgIpc) is 3.32. The van der Waals surface area contributed by atoms with E-state index in [1.807, 2.05) is 36.4 Å². The molecule has 0 aliphatic heterocycles. The normalized spacial score (nSPS) is 14.4. The molecule has 3 heterocycles. The molecule has 0 radical (unpaired) electrons. The van der Waals surface area contributed by atoms with Crippen molar-refractivity contribution in [3.63, 3.8) is 0 Å². The zero-order valence-corrected chi connectivity index (χ0v) is 17.5. The lowest BCUT2D eigenvalue weighted by atomic mass is 10.2. The quantitative estimate of drug-likeness (QED) is 0.495. The summed E-state index contributed by atoms with van der Waals surface area (Å²) in [4.78, 5) is 22.6. The molecule has 1 aliphatic carbocycles. The SMILES string of the molecule is COc1cccn2c(=O)c(CNC3CCCC3)c(Nc3ccc4ncccc4c3)nc12. The van der Waals surface area contributed by atoms with E-state index in [0.717, 1.165) is 29.4 Å². The van der Waals surface area contributed by atoms with Crippen LogP contribution in [0.1, 0.15) is 31.2 Å². The Kier molecular flexibility index (Phi) is 5.26. The molecule has 0 amide bonds. The van der Waals surface area contributed by atoms with Crippen LogP contribution in [0.15, 0.2) is 59.7 Å². The second kappa shape index (κ2) is 8.35. The Morgan fingerprint density at radius 1 is 1.16 bits per heavy atom. The third kappa shape index (κ3) is 3.84. The van der Waals surface area contributed by atoms with Gasteiger partial charge < -0.3 is 15.4 Å². The fourth-order valence-corrected chi connectivity index (χ4v) is 4.26. The Morgan fingerprint density at radius 2 is 2.03 bits per heavy atom. The zero-order chi connectivity index (χ0) is 21.2. The first-order valence-electron chi connectivity index (χ1n) is 10.7. The van der Waals surface area contributed by atoms with E-state index in [1.165, 1.54) is 12.8 Å². The molecule has 1 aliphatic rings. The summed E-state index contributed by atoms with van der Waals surface area (Å²) < 4.78 is 7.01. The number of methoxy groups -OCH3 is 1. The van der Waals surface area contributed by atoms with Gasteiger partial charge in [0.2, 0.25) is 0 Å². The predicted molar refractivity (Wildman–Crippen MR) is 122 cm³/mol. The highest BCUT2D eigenvalue weighted by Gasteiger charge is 2.19. The van der Waals surface area contributed by atoms with E-state index >= 15 is 0 Å². The molecule has 1 aromatic carbocycles. The molecule has 4 aromatic rings.